The molecule has 0 atom stereocenters. The lowest BCUT2D eigenvalue weighted by molar-refractivity contribution is 0.243. The van der Waals surface area contributed by atoms with Crippen molar-refractivity contribution in [1.29, 1.82) is 0 Å². The van der Waals surface area contributed by atoms with E-state index >= 15 is 0 Å². The molecule has 1 rings (SSSR count). The van der Waals surface area contributed by atoms with Crippen LogP contribution in [-0.4, -0.2) is 6.03 Å². The normalized spacial score (nSPS) is 9.21. The number of hydrogen-bond acceptors (Lipinski definition) is 1. The molecule has 14 heavy (non-hydrogen) atoms. The van der Waals surface area contributed by atoms with Gasteiger partial charge in [0.05, 0.1) is 0 Å². The number of carbonyl (C=O) groups is 1. The zero-order chi connectivity index (χ0) is 10.4. The first-order valence-electron chi connectivity index (χ1n) is 4.43. The Morgan fingerprint density at radius 2 is 2.00 bits per heavy atom. The molecule has 1 aromatic rings. The topological polar surface area (TPSA) is 41.1 Å². The van der Waals surface area contributed by atoms with Gasteiger partial charge in [-0.2, -0.15) is 0 Å². The number of carbonyl (C=O) groups excluding carboxylic acids is 1. The highest BCUT2D eigenvalue weighted by Gasteiger charge is 1.98. The Hall–Kier alpha value is -1.77. The van der Waals surface area contributed by atoms with Crippen LogP contribution in [0.1, 0.15) is 12.5 Å². The Balaban J connectivity index is 2.34. The molecule has 0 aliphatic heterocycles. The first kappa shape index (κ1) is 10.3. The fraction of sp³-hybridized carbons (Fsp3) is 0.182. The van der Waals surface area contributed by atoms with E-state index in [1.165, 1.54) is 0 Å². The Labute approximate surface area is 83.8 Å². The lowest BCUT2D eigenvalue weighted by atomic mass is 10.2. The molecule has 0 fully saturated rings. The third-order valence-electron chi connectivity index (χ3n) is 1.62. The van der Waals surface area contributed by atoms with Crippen LogP contribution in [0.2, 0.25) is 0 Å². The fourth-order valence-electron chi connectivity index (χ4n) is 1.02. The van der Waals surface area contributed by atoms with E-state index in [1.54, 1.807) is 6.92 Å². The van der Waals surface area contributed by atoms with Gasteiger partial charge in [-0.05, 0) is 12.5 Å². The number of urea groups is 1. The molecular weight excluding hydrogens is 176 g/mol. The summed E-state index contributed by atoms with van der Waals surface area (Å²) < 4.78 is 0. The van der Waals surface area contributed by atoms with E-state index in [2.05, 4.69) is 17.2 Å². The second-order valence-corrected chi connectivity index (χ2v) is 3.07. The minimum absolute atomic E-state index is 0.221. The van der Waals surface area contributed by atoms with Gasteiger partial charge in [-0.1, -0.05) is 36.9 Å². The van der Waals surface area contributed by atoms with E-state index in [-0.39, 0.29) is 6.03 Å². The van der Waals surface area contributed by atoms with E-state index in [0.29, 0.717) is 12.2 Å². The Morgan fingerprint density at radius 1 is 1.36 bits per heavy atom. The molecule has 2 N–H and O–H groups in total. The van der Waals surface area contributed by atoms with Gasteiger partial charge >= 0.3 is 6.03 Å². The lowest BCUT2D eigenvalue weighted by Crippen LogP contribution is -2.33. The van der Waals surface area contributed by atoms with Crippen molar-refractivity contribution in [2.45, 2.75) is 13.5 Å². The van der Waals surface area contributed by atoms with E-state index in [0.717, 1.165) is 5.56 Å². The first-order valence-corrected chi connectivity index (χ1v) is 4.43. The maximum atomic E-state index is 11.1. The molecule has 0 aliphatic rings. The molecule has 0 aromatic heterocycles. The minimum Gasteiger partial charge on any atom is -0.334 e. The Bertz CT molecular complexity index is 319. The van der Waals surface area contributed by atoms with Gasteiger partial charge in [0.25, 0.3) is 0 Å². The van der Waals surface area contributed by atoms with Gasteiger partial charge in [-0.25, -0.2) is 4.79 Å². The van der Waals surface area contributed by atoms with Crippen LogP contribution in [0.25, 0.3) is 0 Å². The van der Waals surface area contributed by atoms with Gasteiger partial charge in [-0.3, -0.25) is 0 Å². The third-order valence-corrected chi connectivity index (χ3v) is 1.62. The monoisotopic (exact) mass is 190 g/mol. The molecule has 0 heterocycles. The van der Waals surface area contributed by atoms with Gasteiger partial charge < -0.3 is 10.6 Å². The molecule has 0 bridgehead atoms. The van der Waals surface area contributed by atoms with E-state index in [4.69, 9.17) is 0 Å². The van der Waals surface area contributed by atoms with Crippen LogP contribution in [0, 0.1) is 0 Å². The molecule has 0 saturated heterocycles. The Morgan fingerprint density at radius 3 is 2.57 bits per heavy atom. The number of amides is 2. The average molecular weight is 190 g/mol. The zero-order valence-electron chi connectivity index (χ0n) is 8.21. The summed E-state index contributed by atoms with van der Waals surface area (Å²) in [4.78, 5) is 11.1. The molecule has 3 nitrogen and oxygen atoms in total. The number of allylic oxidation sites excluding steroid dienone is 1. The number of benzene rings is 1. The largest absolute Gasteiger partial charge is 0.334 e. The van der Waals surface area contributed by atoms with E-state index in [9.17, 15) is 4.79 Å². The molecule has 0 saturated carbocycles. The summed E-state index contributed by atoms with van der Waals surface area (Å²) in [6.45, 7) is 5.84. The summed E-state index contributed by atoms with van der Waals surface area (Å²) in [6.07, 6.45) is 0. The van der Waals surface area contributed by atoms with Crippen LogP contribution in [0.4, 0.5) is 4.79 Å². The molecule has 0 unspecified atom stereocenters. The van der Waals surface area contributed by atoms with Gasteiger partial charge in [0, 0.05) is 12.2 Å². The number of rotatable bonds is 3. The summed E-state index contributed by atoms with van der Waals surface area (Å²) in [7, 11) is 0. The third kappa shape index (κ3) is 3.76. The summed E-state index contributed by atoms with van der Waals surface area (Å²) in [5, 5.41) is 5.29. The molecule has 0 aliphatic carbocycles. The predicted octanol–water partition coefficient (Wildman–Crippen LogP) is 2.02. The van der Waals surface area contributed by atoms with Crippen molar-refractivity contribution in [3.05, 3.63) is 48.2 Å². The van der Waals surface area contributed by atoms with Crippen molar-refractivity contribution in [3.8, 4) is 0 Å². The molecule has 1 aromatic carbocycles. The highest BCUT2D eigenvalue weighted by Crippen LogP contribution is 1.96. The summed E-state index contributed by atoms with van der Waals surface area (Å²) in [5.74, 6) is 0. The SMILES string of the molecule is C=C(C)NC(=O)NCc1ccccc1. The van der Waals surface area contributed by atoms with Crippen LogP contribution in [0.5, 0.6) is 0 Å². The van der Waals surface area contributed by atoms with Crippen LogP contribution in [-0.2, 0) is 6.54 Å². The lowest BCUT2D eigenvalue weighted by Gasteiger charge is -2.06. The van der Waals surface area contributed by atoms with Crippen molar-refractivity contribution in [1.82, 2.24) is 10.6 Å². The average Bonchev–Trinajstić information content (AvgIpc) is 2.15. The van der Waals surface area contributed by atoms with Crippen molar-refractivity contribution in [2.24, 2.45) is 0 Å². The maximum absolute atomic E-state index is 11.1. The molecule has 3 heteroatoms. The minimum atomic E-state index is -0.221. The van der Waals surface area contributed by atoms with Crippen LogP contribution in [0.15, 0.2) is 42.6 Å². The maximum Gasteiger partial charge on any atom is 0.319 e. The molecule has 2 amide bonds. The summed E-state index contributed by atoms with van der Waals surface area (Å²) >= 11 is 0. The quantitative estimate of drug-likeness (QED) is 0.752. The highest BCUT2D eigenvalue weighted by molar-refractivity contribution is 5.75. The molecule has 0 spiro atoms. The highest BCUT2D eigenvalue weighted by atomic mass is 16.2. The Kier molecular flexibility index (Phi) is 3.73. The van der Waals surface area contributed by atoms with E-state index < -0.39 is 0 Å². The second kappa shape index (κ2) is 5.07. The van der Waals surface area contributed by atoms with Crippen molar-refractivity contribution >= 4 is 6.03 Å². The van der Waals surface area contributed by atoms with Gasteiger partial charge in [0.2, 0.25) is 0 Å². The molecule has 74 valence electrons. The smallest absolute Gasteiger partial charge is 0.319 e. The zero-order valence-corrected chi connectivity index (χ0v) is 8.21. The summed E-state index contributed by atoms with van der Waals surface area (Å²) in [6, 6.07) is 9.52. The van der Waals surface area contributed by atoms with Crippen molar-refractivity contribution in [3.63, 3.8) is 0 Å². The van der Waals surface area contributed by atoms with Gasteiger partial charge in [0.1, 0.15) is 0 Å². The first-order chi connectivity index (χ1) is 6.68. The van der Waals surface area contributed by atoms with Crippen LogP contribution < -0.4 is 10.6 Å². The van der Waals surface area contributed by atoms with Gasteiger partial charge in [-0.15, -0.1) is 0 Å². The molecular formula is C11H14N2O. The van der Waals surface area contributed by atoms with Crippen LogP contribution >= 0.6 is 0 Å². The van der Waals surface area contributed by atoms with Crippen LogP contribution in [0.3, 0.4) is 0 Å². The van der Waals surface area contributed by atoms with Crippen molar-refractivity contribution < 1.29 is 4.79 Å². The molecule has 0 radical (unpaired) electrons. The van der Waals surface area contributed by atoms with E-state index in [1.807, 2.05) is 30.3 Å². The number of nitrogens with one attached hydrogen (secondary N) is 2. The number of hydrogen-bond donors (Lipinski definition) is 2. The second-order valence-electron chi connectivity index (χ2n) is 3.07. The van der Waals surface area contributed by atoms with Gasteiger partial charge in [0.15, 0.2) is 0 Å². The summed E-state index contributed by atoms with van der Waals surface area (Å²) in [5.41, 5.74) is 1.71. The predicted molar refractivity (Wildman–Crippen MR) is 56.6 cm³/mol. The standard InChI is InChI=1S/C11H14N2O/c1-9(2)13-11(14)12-8-10-6-4-3-5-7-10/h3-7H,1,8H2,2H3,(H2,12,13,14). The van der Waals surface area contributed by atoms with Crippen molar-refractivity contribution in [2.75, 3.05) is 0 Å². The fourth-order valence-corrected chi connectivity index (χ4v) is 1.02.